The number of thioether (sulfide) groups is 1. The lowest BCUT2D eigenvalue weighted by molar-refractivity contribution is -0.142. The van der Waals surface area contributed by atoms with Crippen LogP contribution in [0.3, 0.4) is 0 Å². The molecule has 0 fully saturated rings. The molecule has 1 aromatic heterocycles. The van der Waals surface area contributed by atoms with Crippen molar-refractivity contribution in [3.63, 3.8) is 0 Å². The van der Waals surface area contributed by atoms with Gasteiger partial charge in [-0.3, -0.25) is 4.79 Å². The second-order valence-corrected chi connectivity index (χ2v) is 7.36. The minimum atomic E-state index is -0.704. The lowest BCUT2D eigenvalue weighted by atomic mass is 10.0. The second kappa shape index (κ2) is 8.84. The van der Waals surface area contributed by atoms with Crippen molar-refractivity contribution >= 4 is 40.2 Å². The standard InChI is InChI=1S/C21H23N3O3S/c1-27-21(26)17(10-11-28-2)24-20(25)19-18(13-6-4-3-5-7-13)15-12-14(22)8-9-16(15)23-19/h3-9,12,17,23H,10-11,22H2,1-2H3,(H,24,25)/t17-/m0/s1. The Morgan fingerprint density at radius 1 is 1.21 bits per heavy atom. The van der Waals surface area contributed by atoms with E-state index in [4.69, 9.17) is 10.5 Å². The summed E-state index contributed by atoms with van der Waals surface area (Å²) >= 11 is 1.61. The molecule has 0 aliphatic heterocycles. The van der Waals surface area contributed by atoms with Gasteiger partial charge in [0.25, 0.3) is 5.91 Å². The molecule has 0 saturated heterocycles. The predicted octanol–water partition coefficient (Wildman–Crippen LogP) is 3.44. The summed E-state index contributed by atoms with van der Waals surface area (Å²) in [6.45, 7) is 0. The van der Waals surface area contributed by atoms with E-state index in [0.717, 1.165) is 27.8 Å². The third-order valence-electron chi connectivity index (χ3n) is 4.51. The number of nitrogens with two attached hydrogens (primary N) is 1. The van der Waals surface area contributed by atoms with Crippen molar-refractivity contribution in [1.82, 2.24) is 10.3 Å². The van der Waals surface area contributed by atoms with Crippen LogP contribution in [0.25, 0.3) is 22.0 Å². The molecule has 6 nitrogen and oxygen atoms in total. The maximum absolute atomic E-state index is 13.1. The molecule has 0 spiro atoms. The number of ether oxygens (including phenoxy) is 1. The highest BCUT2D eigenvalue weighted by Crippen LogP contribution is 2.33. The van der Waals surface area contributed by atoms with Crippen molar-refractivity contribution in [3.8, 4) is 11.1 Å². The summed E-state index contributed by atoms with van der Waals surface area (Å²) in [7, 11) is 1.32. The molecule has 7 heteroatoms. The number of hydrogen-bond acceptors (Lipinski definition) is 5. The Morgan fingerprint density at radius 3 is 2.64 bits per heavy atom. The molecule has 0 unspecified atom stereocenters. The lowest BCUT2D eigenvalue weighted by Gasteiger charge is -2.16. The Labute approximate surface area is 167 Å². The van der Waals surface area contributed by atoms with Crippen LogP contribution in [0.4, 0.5) is 5.69 Å². The monoisotopic (exact) mass is 397 g/mol. The molecule has 0 aliphatic rings. The molecular formula is C21H23N3O3S. The summed E-state index contributed by atoms with van der Waals surface area (Å²) in [5.41, 5.74) is 9.43. The van der Waals surface area contributed by atoms with Crippen molar-refractivity contribution in [2.75, 3.05) is 24.9 Å². The van der Waals surface area contributed by atoms with E-state index in [-0.39, 0.29) is 5.91 Å². The maximum Gasteiger partial charge on any atom is 0.328 e. The van der Waals surface area contributed by atoms with Crippen LogP contribution in [-0.2, 0) is 9.53 Å². The molecule has 1 atom stereocenters. The molecule has 3 aromatic rings. The van der Waals surface area contributed by atoms with Crippen LogP contribution in [0.2, 0.25) is 0 Å². The largest absolute Gasteiger partial charge is 0.467 e. The average Bonchev–Trinajstić information content (AvgIpc) is 3.09. The van der Waals surface area contributed by atoms with Gasteiger partial charge in [-0.15, -0.1) is 0 Å². The molecule has 1 heterocycles. The Bertz CT molecular complexity index is 985. The first kappa shape index (κ1) is 19.8. The Balaban J connectivity index is 2.04. The third-order valence-corrected chi connectivity index (χ3v) is 5.16. The Morgan fingerprint density at radius 2 is 1.96 bits per heavy atom. The zero-order chi connectivity index (χ0) is 20.1. The smallest absolute Gasteiger partial charge is 0.328 e. The number of esters is 1. The number of aromatic nitrogens is 1. The first-order chi connectivity index (χ1) is 13.5. The van der Waals surface area contributed by atoms with Crippen LogP contribution in [0, 0.1) is 0 Å². The number of fused-ring (bicyclic) bond motifs is 1. The molecule has 28 heavy (non-hydrogen) atoms. The van der Waals surface area contributed by atoms with Gasteiger partial charge in [0.2, 0.25) is 0 Å². The molecule has 0 bridgehead atoms. The first-order valence-electron chi connectivity index (χ1n) is 8.89. The highest BCUT2D eigenvalue weighted by molar-refractivity contribution is 7.98. The number of nitrogens with one attached hydrogen (secondary N) is 2. The third kappa shape index (κ3) is 4.14. The number of amides is 1. The van der Waals surface area contributed by atoms with E-state index in [1.807, 2.05) is 48.7 Å². The Kier molecular flexibility index (Phi) is 6.26. The van der Waals surface area contributed by atoms with E-state index < -0.39 is 12.0 Å². The molecule has 1 amide bonds. The molecule has 4 N–H and O–H groups in total. The molecule has 0 radical (unpaired) electrons. The van der Waals surface area contributed by atoms with Gasteiger partial charge in [0, 0.05) is 22.2 Å². The zero-order valence-corrected chi connectivity index (χ0v) is 16.6. The summed E-state index contributed by atoms with van der Waals surface area (Å²) in [4.78, 5) is 28.4. The predicted molar refractivity (Wildman–Crippen MR) is 114 cm³/mol. The summed E-state index contributed by atoms with van der Waals surface area (Å²) < 4.78 is 4.85. The van der Waals surface area contributed by atoms with Gasteiger partial charge in [-0.25, -0.2) is 4.79 Å². The van der Waals surface area contributed by atoms with Crippen molar-refractivity contribution in [2.45, 2.75) is 12.5 Å². The summed E-state index contributed by atoms with van der Waals surface area (Å²) in [5.74, 6) is -0.0800. The topological polar surface area (TPSA) is 97.2 Å². The van der Waals surface area contributed by atoms with E-state index >= 15 is 0 Å². The number of rotatable bonds is 7. The van der Waals surface area contributed by atoms with Crippen LogP contribution in [-0.4, -0.2) is 42.0 Å². The number of carbonyl (C=O) groups is 2. The van der Waals surface area contributed by atoms with Gasteiger partial charge in [-0.2, -0.15) is 11.8 Å². The summed E-state index contributed by atoms with van der Waals surface area (Å²) in [5, 5.41) is 3.67. The number of hydrogen-bond donors (Lipinski definition) is 3. The van der Waals surface area contributed by atoms with Crippen molar-refractivity contribution in [2.24, 2.45) is 0 Å². The van der Waals surface area contributed by atoms with Crippen LogP contribution >= 0.6 is 11.8 Å². The van der Waals surface area contributed by atoms with Gasteiger partial charge in [-0.1, -0.05) is 30.3 Å². The highest BCUT2D eigenvalue weighted by Gasteiger charge is 2.25. The summed E-state index contributed by atoms with van der Waals surface area (Å²) in [6, 6.07) is 14.4. The minimum absolute atomic E-state index is 0.356. The molecule has 146 valence electrons. The van der Waals surface area contributed by atoms with E-state index in [1.165, 1.54) is 7.11 Å². The normalized spacial score (nSPS) is 11.9. The number of nitrogen functional groups attached to an aromatic ring is 1. The van der Waals surface area contributed by atoms with Crippen molar-refractivity contribution in [1.29, 1.82) is 0 Å². The highest BCUT2D eigenvalue weighted by atomic mass is 32.2. The van der Waals surface area contributed by atoms with E-state index in [9.17, 15) is 9.59 Å². The Hall–Kier alpha value is -2.93. The van der Waals surface area contributed by atoms with Gasteiger partial charge < -0.3 is 20.8 Å². The number of H-pyrrole nitrogens is 1. The van der Waals surface area contributed by atoms with E-state index in [1.54, 1.807) is 17.8 Å². The quantitative estimate of drug-likeness (QED) is 0.419. The van der Waals surface area contributed by atoms with Gasteiger partial charge >= 0.3 is 5.97 Å². The minimum Gasteiger partial charge on any atom is -0.467 e. The van der Waals surface area contributed by atoms with E-state index in [2.05, 4.69) is 10.3 Å². The maximum atomic E-state index is 13.1. The first-order valence-corrected chi connectivity index (χ1v) is 10.3. The molecule has 3 rings (SSSR count). The summed E-state index contributed by atoms with van der Waals surface area (Å²) in [6.07, 6.45) is 2.44. The van der Waals surface area contributed by atoms with Crippen LogP contribution in [0.5, 0.6) is 0 Å². The average molecular weight is 398 g/mol. The van der Waals surface area contributed by atoms with Crippen molar-refractivity contribution < 1.29 is 14.3 Å². The second-order valence-electron chi connectivity index (χ2n) is 6.38. The number of benzene rings is 2. The van der Waals surface area contributed by atoms with E-state index in [0.29, 0.717) is 17.8 Å². The van der Waals surface area contributed by atoms with Gasteiger partial charge in [0.15, 0.2) is 0 Å². The zero-order valence-electron chi connectivity index (χ0n) is 15.8. The molecule has 2 aromatic carbocycles. The number of aromatic amines is 1. The fraction of sp³-hybridized carbons (Fsp3) is 0.238. The van der Waals surface area contributed by atoms with Crippen molar-refractivity contribution in [3.05, 3.63) is 54.2 Å². The van der Waals surface area contributed by atoms with Gasteiger partial charge in [0.05, 0.1) is 7.11 Å². The van der Waals surface area contributed by atoms with Gasteiger partial charge in [-0.05, 0) is 42.2 Å². The van der Waals surface area contributed by atoms with Crippen LogP contribution in [0.15, 0.2) is 48.5 Å². The lowest BCUT2D eigenvalue weighted by Crippen LogP contribution is -2.42. The number of methoxy groups -OCH3 is 1. The molecule has 0 aliphatic carbocycles. The fourth-order valence-corrected chi connectivity index (χ4v) is 3.61. The van der Waals surface area contributed by atoms with Crippen LogP contribution in [0.1, 0.15) is 16.9 Å². The van der Waals surface area contributed by atoms with Gasteiger partial charge in [0.1, 0.15) is 11.7 Å². The molecule has 0 saturated carbocycles. The van der Waals surface area contributed by atoms with Crippen LogP contribution < -0.4 is 11.1 Å². The number of anilines is 1. The SMILES string of the molecule is COC(=O)[C@H](CCSC)NC(=O)c1[nH]c2ccc(N)cc2c1-c1ccccc1. The molecular weight excluding hydrogens is 374 g/mol. The number of carbonyl (C=O) groups excluding carboxylic acids is 2. The fourth-order valence-electron chi connectivity index (χ4n) is 3.14.